The molecule has 0 saturated carbocycles. The Bertz CT molecular complexity index is 435. The van der Waals surface area contributed by atoms with Crippen LogP contribution in [-0.4, -0.2) is 9.67 Å². The molecule has 1 rings (SSSR count). The molecule has 0 aliphatic heterocycles. The zero-order valence-electron chi connectivity index (χ0n) is 8.88. The van der Waals surface area contributed by atoms with Crippen molar-refractivity contribution in [1.29, 1.82) is 0 Å². The summed E-state index contributed by atoms with van der Waals surface area (Å²) >= 11 is 0. The van der Waals surface area contributed by atoms with Gasteiger partial charge in [-0.1, -0.05) is 13.8 Å². The van der Waals surface area contributed by atoms with Crippen molar-refractivity contribution in [3.8, 4) is 0 Å². The van der Waals surface area contributed by atoms with E-state index in [1.54, 1.807) is 13.8 Å². The molecule has 0 aliphatic carbocycles. The lowest BCUT2D eigenvalue weighted by atomic mass is 10.0. The van der Waals surface area contributed by atoms with Crippen LogP contribution in [0.15, 0.2) is 17.1 Å². The van der Waals surface area contributed by atoms with Crippen molar-refractivity contribution < 1.29 is 18.3 Å². The quantitative estimate of drug-likeness (QED) is 0.851. The molecule has 0 aromatic carbocycles. The van der Waals surface area contributed by atoms with Crippen LogP contribution in [0.25, 0.3) is 0 Å². The molecule has 1 aromatic rings. The number of halogens is 3. The van der Waals surface area contributed by atoms with Gasteiger partial charge >= 0.3 is 6.18 Å². The first-order valence-corrected chi connectivity index (χ1v) is 4.69. The van der Waals surface area contributed by atoms with E-state index in [4.69, 9.17) is 5.11 Å². The van der Waals surface area contributed by atoms with Crippen LogP contribution >= 0.6 is 0 Å². The number of aliphatic hydroxyl groups excluding tert-OH is 1. The number of aromatic nitrogens is 1. The molecule has 0 saturated heterocycles. The van der Waals surface area contributed by atoms with Crippen LogP contribution < -0.4 is 5.56 Å². The van der Waals surface area contributed by atoms with Crippen molar-refractivity contribution >= 4 is 0 Å². The molecule has 90 valence electrons. The third-order valence-electron chi connectivity index (χ3n) is 2.22. The number of pyridine rings is 1. The molecule has 0 bridgehead atoms. The van der Waals surface area contributed by atoms with Crippen LogP contribution in [-0.2, 0) is 12.9 Å². The van der Waals surface area contributed by atoms with Gasteiger partial charge in [-0.15, -0.1) is 0 Å². The first kappa shape index (κ1) is 12.8. The van der Waals surface area contributed by atoms with Gasteiger partial charge in [-0.05, 0) is 12.0 Å². The second-order valence-electron chi connectivity index (χ2n) is 3.75. The number of aliphatic hydroxyl groups is 1. The van der Waals surface area contributed by atoms with Gasteiger partial charge < -0.3 is 5.11 Å². The van der Waals surface area contributed by atoms with E-state index in [9.17, 15) is 18.0 Å². The van der Waals surface area contributed by atoms with Gasteiger partial charge in [0.15, 0.2) is 0 Å². The summed E-state index contributed by atoms with van der Waals surface area (Å²) in [5.41, 5.74) is -1.47. The van der Waals surface area contributed by atoms with E-state index in [1.165, 1.54) is 0 Å². The minimum atomic E-state index is -4.52. The summed E-state index contributed by atoms with van der Waals surface area (Å²) in [5, 5.41) is 8.81. The largest absolute Gasteiger partial charge is 0.417 e. The maximum atomic E-state index is 12.5. The normalized spacial score (nSPS) is 12.2. The van der Waals surface area contributed by atoms with Gasteiger partial charge in [0.2, 0.25) is 0 Å². The molecule has 1 N–H and O–H groups in total. The number of hydrogen-bond acceptors (Lipinski definition) is 2. The maximum absolute atomic E-state index is 12.5. The Morgan fingerprint density at radius 1 is 1.44 bits per heavy atom. The lowest BCUT2D eigenvalue weighted by molar-refractivity contribution is -0.138. The molecule has 0 amide bonds. The Labute approximate surface area is 90.1 Å². The van der Waals surface area contributed by atoms with Crippen LogP contribution in [0, 0.1) is 0 Å². The summed E-state index contributed by atoms with van der Waals surface area (Å²) in [6, 6.07) is 0.832. The second kappa shape index (κ2) is 4.29. The molecule has 0 fully saturated rings. The third-order valence-corrected chi connectivity index (χ3v) is 2.22. The lowest BCUT2D eigenvalue weighted by Crippen LogP contribution is -2.26. The van der Waals surface area contributed by atoms with Gasteiger partial charge in [-0.2, -0.15) is 13.2 Å². The summed E-state index contributed by atoms with van der Waals surface area (Å²) in [5.74, 6) is -0.326. The van der Waals surface area contributed by atoms with E-state index in [1.807, 2.05) is 0 Å². The standard InChI is InChI=1S/C10H12F3NO2/c1-6(2)8-3-7(10(11,12)13)4-14(5-15)9(8)16/h3-4,6,15H,5H2,1-2H3. The molecular formula is C10H12F3NO2. The highest BCUT2D eigenvalue weighted by molar-refractivity contribution is 5.24. The fraction of sp³-hybridized carbons (Fsp3) is 0.500. The van der Waals surface area contributed by atoms with Gasteiger partial charge in [0, 0.05) is 11.8 Å². The smallest absolute Gasteiger partial charge is 0.376 e. The van der Waals surface area contributed by atoms with Gasteiger partial charge in [0.25, 0.3) is 5.56 Å². The summed E-state index contributed by atoms with van der Waals surface area (Å²) in [4.78, 5) is 11.6. The van der Waals surface area contributed by atoms with Crippen molar-refractivity contribution in [2.45, 2.75) is 32.7 Å². The molecule has 0 spiro atoms. The highest BCUT2D eigenvalue weighted by Crippen LogP contribution is 2.29. The van der Waals surface area contributed by atoms with Crippen molar-refractivity contribution in [1.82, 2.24) is 4.57 Å². The Morgan fingerprint density at radius 2 is 2.00 bits per heavy atom. The Balaban J connectivity index is 3.47. The average molecular weight is 235 g/mol. The molecule has 0 unspecified atom stereocenters. The summed E-state index contributed by atoms with van der Waals surface area (Å²) in [6.45, 7) is 2.49. The van der Waals surface area contributed by atoms with E-state index in [0.29, 0.717) is 10.8 Å². The van der Waals surface area contributed by atoms with E-state index in [2.05, 4.69) is 0 Å². The molecule has 6 heteroatoms. The molecule has 1 heterocycles. The van der Waals surface area contributed by atoms with E-state index < -0.39 is 24.0 Å². The number of hydrogen-bond donors (Lipinski definition) is 1. The lowest BCUT2D eigenvalue weighted by Gasteiger charge is -2.13. The SMILES string of the molecule is CC(C)c1cc(C(F)(F)F)cn(CO)c1=O. The molecule has 0 atom stereocenters. The van der Waals surface area contributed by atoms with Gasteiger partial charge in [-0.3, -0.25) is 9.36 Å². The fourth-order valence-corrected chi connectivity index (χ4v) is 1.33. The van der Waals surface area contributed by atoms with Crippen LogP contribution in [0.3, 0.4) is 0 Å². The molecule has 16 heavy (non-hydrogen) atoms. The summed E-state index contributed by atoms with van der Waals surface area (Å²) in [6.07, 6.45) is -3.90. The third kappa shape index (κ3) is 2.44. The molecule has 0 aliphatic rings. The van der Waals surface area contributed by atoms with Crippen LogP contribution in [0.2, 0.25) is 0 Å². The van der Waals surface area contributed by atoms with Gasteiger partial charge in [0.05, 0.1) is 5.56 Å². The Morgan fingerprint density at radius 3 is 2.38 bits per heavy atom. The van der Waals surface area contributed by atoms with E-state index in [-0.39, 0.29) is 11.5 Å². The topological polar surface area (TPSA) is 42.2 Å². The Hall–Kier alpha value is -1.30. The van der Waals surface area contributed by atoms with Gasteiger partial charge in [-0.25, -0.2) is 0 Å². The molecule has 3 nitrogen and oxygen atoms in total. The number of rotatable bonds is 2. The van der Waals surface area contributed by atoms with Crippen LogP contribution in [0.4, 0.5) is 13.2 Å². The zero-order chi connectivity index (χ0) is 12.5. The first-order valence-electron chi connectivity index (χ1n) is 4.69. The molecule has 1 aromatic heterocycles. The molecular weight excluding hydrogens is 223 g/mol. The van der Waals surface area contributed by atoms with E-state index >= 15 is 0 Å². The number of alkyl halides is 3. The van der Waals surface area contributed by atoms with Crippen LogP contribution in [0.5, 0.6) is 0 Å². The summed E-state index contributed by atoms with van der Waals surface area (Å²) < 4.78 is 38.1. The van der Waals surface area contributed by atoms with Crippen molar-refractivity contribution in [2.75, 3.05) is 0 Å². The average Bonchev–Trinajstić information content (AvgIpc) is 2.15. The maximum Gasteiger partial charge on any atom is 0.417 e. The predicted octanol–water partition coefficient (Wildman–Crippen LogP) is 1.94. The monoisotopic (exact) mass is 235 g/mol. The summed E-state index contributed by atoms with van der Waals surface area (Å²) in [7, 11) is 0. The fourth-order valence-electron chi connectivity index (χ4n) is 1.33. The predicted molar refractivity (Wildman–Crippen MR) is 52.0 cm³/mol. The molecule has 0 radical (unpaired) electrons. The minimum absolute atomic E-state index is 0.0453. The zero-order valence-corrected chi connectivity index (χ0v) is 8.88. The van der Waals surface area contributed by atoms with Crippen molar-refractivity contribution in [3.05, 3.63) is 33.7 Å². The Kier molecular flexibility index (Phi) is 3.42. The first-order chi connectivity index (χ1) is 7.27. The second-order valence-corrected chi connectivity index (χ2v) is 3.75. The van der Waals surface area contributed by atoms with Gasteiger partial charge in [0.1, 0.15) is 6.73 Å². The van der Waals surface area contributed by atoms with Crippen LogP contribution in [0.1, 0.15) is 30.9 Å². The van der Waals surface area contributed by atoms with Crippen molar-refractivity contribution in [3.63, 3.8) is 0 Å². The van der Waals surface area contributed by atoms with E-state index in [0.717, 1.165) is 6.07 Å². The highest BCUT2D eigenvalue weighted by atomic mass is 19.4. The number of nitrogens with zero attached hydrogens (tertiary/aromatic N) is 1. The minimum Gasteiger partial charge on any atom is -0.376 e. The highest BCUT2D eigenvalue weighted by Gasteiger charge is 2.32. The van der Waals surface area contributed by atoms with Crippen molar-refractivity contribution in [2.24, 2.45) is 0 Å².